The summed E-state index contributed by atoms with van der Waals surface area (Å²) in [5.41, 5.74) is 5.36. The number of aromatic amines is 1. The number of anilines is 1. The van der Waals surface area contributed by atoms with Gasteiger partial charge >= 0.3 is 0 Å². The minimum absolute atomic E-state index is 0.0990. The standard InChI is InChI=1S/C9H19N5OSi/c1-4-16(5-2,6-3)14-8(15)7-11-9(10)13-12-7/h4-6H2,1-3H3,(H,14,15)(H3,10,11,12,13). The Morgan fingerprint density at radius 2 is 1.94 bits per heavy atom. The summed E-state index contributed by atoms with van der Waals surface area (Å²) < 4.78 is 0. The van der Waals surface area contributed by atoms with E-state index in [1.807, 2.05) is 0 Å². The van der Waals surface area contributed by atoms with Gasteiger partial charge < -0.3 is 10.7 Å². The van der Waals surface area contributed by atoms with Crippen LogP contribution in [0.2, 0.25) is 18.1 Å². The molecule has 0 unspecified atom stereocenters. The number of carbonyl (C=O) groups is 1. The van der Waals surface area contributed by atoms with E-state index >= 15 is 0 Å². The maximum absolute atomic E-state index is 11.9. The lowest BCUT2D eigenvalue weighted by Gasteiger charge is -2.28. The number of aromatic nitrogens is 3. The van der Waals surface area contributed by atoms with Gasteiger partial charge in [0.1, 0.15) is 0 Å². The van der Waals surface area contributed by atoms with E-state index in [2.05, 4.69) is 40.9 Å². The SMILES string of the molecule is CC[Si](CC)(CC)NC(=O)c1nc(N)n[nH]1. The normalized spacial score (nSPS) is 11.4. The molecular formula is C9H19N5OSi. The lowest BCUT2D eigenvalue weighted by molar-refractivity contribution is 0.0967. The van der Waals surface area contributed by atoms with Crippen molar-refractivity contribution in [3.8, 4) is 0 Å². The Morgan fingerprint density at radius 1 is 1.38 bits per heavy atom. The minimum Gasteiger partial charge on any atom is -0.375 e. The van der Waals surface area contributed by atoms with Gasteiger partial charge in [0.05, 0.1) is 0 Å². The summed E-state index contributed by atoms with van der Waals surface area (Å²) in [6.07, 6.45) is 0. The van der Waals surface area contributed by atoms with Gasteiger partial charge in [0, 0.05) is 0 Å². The van der Waals surface area contributed by atoms with Crippen LogP contribution >= 0.6 is 0 Å². The third-order valence-corrected chi connectivity index (χ3v) is 7.94. The van der Waals surface area contributed by atoms with Crippen LogP contribution in [0.4, 0.5) is 5.95 Å². The molecule has 1 aromatic heterocycles. The van der Waals surface area contributed by atoms with Gasteiger partial charge in [-0.1, -0.05) is 20.8 Å². The van der Waals surface area contributed by atoms with E-state index < -0.39 is 8.24 Å². The van der Waals surface area contributed by atoms with Gasteiger partial charge in [0.15, 0.2) is 8.24 Å². The van der Waals surface area contributed by atoms with E-state index in [-0.39, 0.29) is 17.7 Å². The highest BCUT2D eigenvalue weighted by molar-refractivity contribution is 6.79. The van der Waals surface area contributed by atoms with Crippen LogP contribution in [0.1, 0.15) is 31.4 Å². The molecule has 6 nitrogen and oxygen atoms in total. The number of rotatable bonds is 5. The molecule has 0 aliphatic heterocycles. The fourth-order valence-electron chi connectivity index (χ4n) is 1.69. The molecule has 0 saturated heterocycles. The van der Waals surface area contributed by atoms with Gasteiger partial charge in [-0.25, -0.2) is 0 Å². The second-order valence-corrected chi connectivity index (χ2v) is 8.77. The van der Waals surface area contributed by atoms with Gasteiger partial charge in [-0.3, -0.25) is 9.89 Å². The highest BCUT2D eigenvalue weighted by Crippen LogP contribution is 2.16. The van der Waals surface area contributed by atoms with Crippen molar-refractivity contribution in [2.75, 3.05) is 5.73 Å². The zero-order valence-corrected chi connectivity index (χ0v) is 11.0. The zero-order valence-electron chi connectivity index (χ0n) is 10.0. The molecule has 0 aliphatic rings. The Balaban J connectivity index is 2.76. The minimum atomic E-state index is -1.68. The van der Waals surface area contributed by atoms with Crippen LogP contribution in [-0.4, -0.2) is 29.3 Å². The summed E-state index contributed by atoms with van der Waals surface area (Å²) in [6, 6.07) is 3.07. The maximum Gasteiger partial charge on any atom is 0.280 e. The number of nitrogen functional groups attached to an aromatic ring is 1. The number of nitrogens with zero attached hydrogens (tertiary/aromatic N) is 2. The molecule has 1 aromatic rings. The number of hydrogen-bond acceptors (Lipinski definition) is 4. The van der Waals surface area contributed by atoms with Crippen molar-refractivity contribution in [1.29, 1.82) is 0 Å². The van der Waals surface area contributed by atoms with Crippen molar-refractivity contribution >= 4 is 20.1 Å². The second kappa shape index (κ2) is 5.11. The topological polar surface area (TPSA) is 96.7 Å². The molecule has 1 rings (SSSR count). The molecule has 7 heteroatoms. The van der Waals surface area contributed by atoms with Crippen LogP contribution in [0.5, 0.6) is 0 Å². The second-order valence-electron chi connectivity index (χ2n) is 3.84. The summed E-state index contributed by atoms with van der Waals surface area (Å²) in [4.78, 5) is 18.8. The molecule has 0 atom stereocenters. The summed E-state index contributed by atoms with van der Waals surface area (Å²) in [5.74, 6) is 0.105. The lowest BCUT2D eigenvalue weighted by Crippen LogP contribution is -2.52. The molecule has 0 aliphatic carbocycles. The summed E-state index contributed by atoms with van der Waals surface area (Å²) >= 11 is 0. The summed E-state index contributed by atoms with van der Waals surface area (Å²) in [7, 11) is -1.68. The van der Waals surface area contributed by atoms with E-state index in [4.69, 9.17) is 5.73 Å². The molecule has 16 heavy (non-hydrogen) atoms. The van der Waals surface area contributed by atoms with Crippen molar-refractivity contribution in [2.45, 2.75) is 38.9 Å². The third kappa shape index (κ3) is 2.60. The molecule has 0 fully saturated rings. The zero-order chi connectivity index (χ0) is 12.2. The Morgan fingerprint density at radius 3 is 2.31 bits per heavy atom. The molecular weight excluding hydrogens is 222 g/mol. The first-order valence-corrected chi connectivity index (χ1v) is 8.19. The maximum atomic E-state index is 11.9. The molecule has 1 heterocycles. The van der Waals surface area contributed by atoms with Crippen LogP contribution in [0.25, 0.3) is 0 Å². The number of nitrogens with one attached hydrogen (secondary N) is 2. The molecule has 0 aromatic carbocycles. The van der Waals surface area contributed by atoms with Crippen molar-refractivity contribution in [3.63, 3.8) is 0 Å². The van der Waals surface area contributed by atoms with Crippen molar-refractivity contribution < 1.29 is 4.79 Å². The molecule has 0 radical (unpaired) electrons. The Labute approximate surface area is 96.1 Å². The van der Waals surface area contributed by atoms with Crippen molar-refractivity contribution in [3.05, 3.63) is 5.82 Å². The van der Waals surface area contributed by atoms with Gasteiger partial charge in [0.25, 0.3) is 5.91 Å². The summed E-state index contributed by atoms with van der Waals surface area (Å²) in [6.45, 7) is 6.36. The molecule has 90 valence electrons. The number of H-pyrrole nitrogens is 1. The molecule has 0 saturated carbocycles. The predicted octanol–water partition coefficient (Wildman–Crippen LogP) is 1.12. The van der Waals surface area contributed by atoms with Crippen LogP contribution < -0.4 is 10.7 Å². The van der Waals surface area contributed by atoms with E-state index in [0.29, 0.717) is 0 Å². The first kappa shape index (κ1) is 12.7. The largest absolute Gasteiger partial charge is 0.375 e. The molecule has 1 amide bonds. The Hall–Kier alpha value is -1.37. The van der Waals surface area contributed by atoms with E-state index in [1.165, 1.54) is 0 Å². The third-order valence-electron chi connectivity index (χ3n) is 3.13. The average molecular weight is 241 g/mol. The number of amides is 1. The van der Waals surface area contributed by atoms with Crippen LogP contribution in [0, 0.1) is 0 Å². The Kier molecular flexibility index (Phi) is 4.05. The number of carbonyl (C=O) groups excluding carboxylic acids is 1. The first-order chi connectivity index (χ1) is 7.56. The molecule has 0 spiro atoms. The summed E-state index contributed by atoms with van der Waals surface area (Å²) in [5, 5.41) is 6.17. The van der Waals surface area contributed by atoms with Gasteiger partial charge in [0.2, 0.25) is 11.8 Å². The lowest BCUT2D eigenvalue weighted by atomic mass is 10.6. The first-order valence-electron chi connectivity index (χ1n) is 5.57. The smallest absolute Gasteiger partial charge is 0.280 e. The van der Waals surface area contributed by atoms with Crippen LogP contribution in [-0.2, 0) is 0 Å². The van der Waals surface area contributed by atoms with Gasteiger partial charge in [-0.05, 0) is 18.1 Å². The fraction of sp³-hybridized carbons (Fsp3) is 0.667. The fourth-order valence-corrected chi connectivity index (χ4v) is 4.32. The molecule has 4 N–H and O–H groups in total. The van der Waals surface area contributed by atoms with E-state index in [9.17, 15) is 4.79 Å². The number of nitrogens with two attached hydrogens (primary N) is 1. The van der Waals surface area contributed by atoms with E-state index in [0.717, 1.165) is 18.1 Å². The Bertz CT molecular complexity index is 352. The van der Waals surface area contributed by atoms with Gasteiger partial charge in [-0.2, -0.15) is 4.98 Å². The quantitative estimate of drug-likeness (QED) is 0.673. The number of hydrogen-bond donors (Lipinski definition) is 3. The molecule has 0 bridgehead atoms. The highest BCUT2D eigenvalue weighted by Gasteiger charge is 2.30. The highest BCUT2D eigenvalue weighted by atomic mass is 28.3. The predicted molar refractivity (Wildman–Crippen MR) is 65.5 cm³/mol. The van der Waals surface area contributed by atoms with Gasteiger partial charge in [-0.15, -0.1) is 5.10 Å². The monoisotopic (exact) mass is 241 g/mol. The van der Waals surface area contributed by atoms with Crippen molar-refractivity contribution in [2.24, 2.45) is 0 Å². The average Bonchev–Trinajstić information content (AvgIpc) is 2.73. The van der Waals surface area contributed by atoms with Crippen LogP contribution in [0.15, 0.2) is 0 Å². The van der Waals surface area contributed by atoms with E-state index in [1.54, 1.807) is 0 Å². The van der Waals surface area contributed by atoms with Crippen molar-refractivity contribution in [1.82, 2.24) is 20.2 Å². The van der Waals surface area contributed by atoms with Crippen LogP contribution in [0.3, 0.4) is 0 Å².